The Morgan fingerprint density at radius 1 is 1.47 bits per heavy atom. The van der Waals surface area contributed by atoms with E-state index in [1.165, 1.54) is 7.05 Å². The fraction of sp³-hybridized carbons (Fsp3) is 0.600. The van der Waals surface area contributed by atoms with Crippen LogP contribution in [0.25, 0.3) is 0 Å². The molecule has 7 nitrogen and oxygen atoms in total. The van der Waals surface area contributed by atoms with E-state index < -0.39 is 14.9 Å². The lowest BCUT2D eigenvalue weighted by molar-refractivity contribution is -0.383. The topological polar surface area (TPSA) is 92.6 Å². The highest BCUT2D eigenvalue weighted by Crippen LogP contribution is 2.37. The second-order valence-electron chi connectivity index (χ2n) is 3.88. The van der Waals surface area contributed by atoms with Gasteiger partial charge in [0.05, 0.1) is 4.92 Å². The van der Waals surface area contributed by atoms with Crippen LogP contribution in [0.4, 0.5) is 10.7 Å². The van der Waals surface area contributed by atoms with Crippen LogP contribution in [-0.4, -0.2) is 37.8 Å². The van der Waals surface area contributed by atoms with Crippen LogP contribution in [0.5, 0.6) is 0 Å². The van der Waals surface area contributed by atoms with Crippen molar-refractivity contribution in [2.24, 2.45) is 0 Å². The zero-order chi connectivity index (χ0) is 14.6. The largest absolute Gasteiger partial charge is 0.371 e. The number of nitrogens with zero attached hydrogens (tertiary/aromatic N) is 2. The number of anilines is 1. The van der Waals surface area contributed by atoms with Gasteiger partial charge in [-0.25, -0.2) is 12.7 Å². The zero-order valence-electron chi connectivity index (χ0n) is 11.0. The number of sulfonamides is 1. The number of hydrogen-bond donors (Lipinski definition) is 1. The maximum absolute atomic E-state index is 12.1. The van der Waals surface area contributed by atoms with E-state index in [0.717, 1.165) is 28.1 Å². The molecule has 0 radical (unpaired) electrons. The van der Waals surface area contributed by atoms with Crippen molar-refractivity contribution in [1.29, 1.82) is 0 Å². The van der Waals surface area contributed by atoms with E-state index in [9.17, 15) is 18.5 Å². The van der Waals surface area contributed by atoms with Gasteiger partial charge in [0.1, 0.15) is 4.21 Å². The van der Waals surface area contributed by atoms with Gasteiger partial charge in [-0.2, -0.15) is 0 Å². The lowest BCUT2D eigenvalue weighted by Crippen LogP contribution is -2.25. The lowest BCUT2D eigenvalue weighted by Gasteiger charge is -2.12. The van der Waals surface area contributed by atoms with Crippen molar-refractivity contribution in [2.45, 2.75) is 24.5 Å². The Labute approximate surface area is 116 Å². The molecule has 0 aliphatic rings. The highest BCUT2D eigenvalue weighted by Gasteiger charge is 2.28. The van der Waals surface area contributed by atoms with Crippen LogP contribution in [0, 0.1) is 10.1 Å². The van der Waals surface area contributed by atoms with Crippen molar-refractivity contribution < 1.29 is 13.3 Å². The minimum absolute atomic E-state index is 0.0119. The summed E-state index contributed by atoms with van der Waals surface area (Å²) in [6, 6.07) is 1.12. The van der Waals surface area contributed by atoms with Crippen molar-refractivity contribution in [3.05, 3.63) is 16.2 Å². The molecule has 0 fully saturated rings. The first-order valence-corrected chi connectivity index (χ1v) is 8.08. The second kappa shape index (κ2) is 6.31. The van der Waals surface area contributed by atoms with Gasteiger partial charge < -0.3 is 5.32 Å². The lowest BCUT2D eigenvalue weighted by atomic mass is 10.4. The summed E-state index contributed by atoms with van der Waals surface area (Å²) in [7, 11) is -2.20. The van der Waals surface area contributed by atoms with Crippen LogP contribution in [0.2, 0.25) is 0 Å². The fourth-order valence-corrected chi connectivity index (χ4v) is 4.06. The van der Waals surface area contributed by atoms with Crippen LogP contribution in [0.3, 0.4) is 0 Å². The summed E-state index contributed by atoms with van der Waals surface area (Å²) in [5.41, 5.74) is -0.193. The Morgan fingerprint density at radius 2 is 2.11 bits per heavy atom. The van der Waals surface area contributed by atoms with Crippen LogP contribution in [0.1, 0.15) is 20.3 Å². The Balaban J connectivity index is 3.21. The van der Waals surface area contributed by atoms with E-state index in [1.54, 1.807) is 6.92 Å². The molecule has 108 valence electrons. The molecule has 0 amide bonds. The van der Waals surface area contributed by atoms with Gasteiger partial charge in [-0.1, -0.05) is 25.2 Å². The summed E-state index contributed by atoms with van der Waals surface area (Å²) in [6.45, 7) is 4.50. The number of thiophene rings is 1. The van der Waals surface area contributed by atoms with Crippen molar-refractivity contribution >= 4 is 32.0 Å². The second-order valence-corrected chi connectivity index (χ2v) is 7.21. The average Bonchev–Trinajstić information content (AvgIpc) is 2.80. The third-order valence-corrected chi connectivity index (χ3v) is 6.00. The monoisotopic (exact) mass is 307 g/mol. The molecular weight excluding hydrogens is 290 g/mol. The van der Waals surface area contributed by atoms with Gasteiger partial charge in [0.25, 0.3) is 10.0 Å². The van der Waals surface area contributed by atoms with E-state index in [0.29, 0.717) is 13.1 Å². The molecule has 9 heteroatoms. The predicted molar refractivity (Wildman–Crippen MR) is 75.2 cm³/mol. The quantitative estimate of drug-likeness (QED) is 0.615. The zero-order valence-corrected chi connectivity index (χ0v) is 12.7. The summed E-state index contributed by atoms with van der Waals surface area (Å²) >= 11 is 0.896. The Kier molecular flexibility index (Phi) is 5.27. The highest BCUT2D eigenvalue weighted by molar-refractivity contribution is 7.91. The number of rotatable bonds is 7. The molecule has 1 rings (SSSR count). The summed E-state index contributed by atoms with van der Waals surface area (Å²) in [4.78, 5) is 10.4. The number of nitrogens with one attached hydrogen (secondary N) is 1. The summed E-state index contributed by atoms with van der Waals surface area (Å²) in [5, 5.41) is 14.1. The number of hydrogen-bond acceptors (Lipinski definition) is 6. The molecule has 0 saturated carbocycles. The average molecular weight is 307 g/mol. The van der Waals surface area contributed by atoms with Gasteiger partial charge in [-0.05, 0) is 6.42 Å². The molecule has 0 atom stereocenters. The maximum atomic E-state index is 12.1. The molecule has 1 heterocycles. The minimum Gasteiger partial charge on any atom is -0.371 e. The molecule has 0 unspecified atom stereocenters. The van der Waals surface area contributed by atoms with E-state index in [-0.39, 0.29) is 14.9 Å². The Bertz CT molecular complexity index is 553. The first-order chi connectivity index (χ1) is 8.84. The molecule has 0 saturated heterocycles. The SMILES string of the molecule is CCCNc1sc(S(=O)(=O)N(C)CC)cc1[N+](=O)[O-]. The molecule has 1 aromatic heterocycles. The minimum atomic E-state index is -3.64. The highest BCUT2D eigenvalue weighted by atomic mass is 32.2. The maximum Gasteiger partial charge on any atom is 0.304 e. The van der Waals surface area contributed by atoms with Crippen molar-refractivity contribution in [2.75, 3.05) is 25.5 Å². The van der Waals surface area contributed by atoms with Crippen molar-refractivity contribution in [3.63, 3.8) is 0 Å². The van der Waals surface area contributed by atoms with Crippen LogP contribution >= 0.6 is 11.3 Å². The molecular formula is C10H17N3O4S2. The Hall–Kier alpha value is -1.19. The van der Waals surface area contributed by atoms with Gasteiger partial charge in [0.15, 0.2) is 5.00 Å². The molecule has 0 bridgehead atoms. The first kappa shape index (κ1) is 15.9. The summed E-state index contributed by atoms with van der Waals surface area (Å²) in [5.74, 6) is 0. The molecule has 1 aromatic rings. The van der Waals surface area contributed by atoms with Gasteiger partial charge in [-0.15, -0.1) is 0 Å². The van der Waals surface area contributed by atoms with Crippen LogP contribution in [0.15, 0.2) is 10.3 Å². The first-order valence-electron chi connectivity index (χ1n) is 5.83. The van der Waals surface area contributed by atoms with E-state index in [1.807, 2.05) is 6.92 Å². The Morgan fingerprint density at radius 3 is 2.58 bits per heavy atom. The molecule has 0 aromatic carbocycles. The van der Waals surface area contributed by atoms with Gasteiger partial charge in [0.2, 0.25) is 0 Å². The van der Waals surface area contributed by atoms with Crippen LogP contribution in [-0.2, 0) is 10.0 Å². The smallest absolute Gasteiger partial charge is 0.304 e. The standard InChI is InChI=1S/C10H17N3O4S2/c1-4-6-11-10-8(13(14)15)7-9(18-10)19(16,17)12(3)5-2/h7,11H,4-6H2,1-3H3. The van der Waals surface area contributed by atoms with Crippen molar-refractivity contribution in [1.82, 2.24) is 4.31 Å². The summed E-state index contributed by atoms with van der Waals surface area (Å²) in [6.07, 6.45) is 0.798. The van der Waals surface area contributed by atoms with Gasteiger partial charge >= 0.3 is 5.69 Å². The van der Waals surface area contributed by atoms with E-state index in [2.05, 4.69) is 5.32 Å². The predicted octanol–water partition coefficient (Wildman–Crippen LogP) is 2.12. The summed E-state index contributed by atoms with van der Waals surface area (Å²) < 4.78 is 25.4. The normalized spacial score (nSPS) is 11.8. The molecule has 19 heavy (non-hydrogen) atoms. The van der Waals surface area contributed by atoms with Gasteiger partial charge in [0, 0.05) is 26.2 Å². The molecule has 0 spiro atoms. The molecule has 0 aliphatic carbocycles. The van der Waals surface area contributed by atoms with E-state index >= 15 is 0 Å². The number of nitro groups is 1. The van der Waals surface area contributed by atoms with Crippen LogP contribution < -0.4 is 5.32 Å². The van der Waals surface area contributed by atoms with Gasteiger partial charge in [-0.3, -0.25) is 10.1 Å². The third kappa shape index (κ3) is 3.43. The molecule has 0 aliphatic heterocycles. The fourth-order valence-electron chi connectivity index (χ4n) is 1.31. The van der Waals surface area contributed by atoms with E-state index in [4.69, 9.17) is 0 Å². The third-order valence-electron chi connectivity index (χ3n) is 2.53. The van der Waals surface area contributed by atoms with Crippen molar-refractivity contribution in [3.8, 4) is 0 Å². The molecule has 1 N–H and O–H groups in total.